The van der Waals surface area contributed by atoms with Crippen molar-refractivity contribution in [2.75, 3.05) is 0 Å². The molecule has 3 heteroatoms. The van der Waals surface area contributed by atoms with E-state index in [0.717, 1.165) is 77.9 Å². The largest absolute Gasteiger partial charge is 0.456 e. The van der Waals surface area contributed by atoms with Crippen molar-refractivity contribution in [1.82, 2.24) is 0 Å². The molecule has 0 saturated heterocycles. The van der Waals surface area contributed by atoms with Gasteiger partial charge in [-0.2, -0.15) is 0 Å². The average molecular weight is 795 g/mol. The van der Waals surface area contributed by atoms with Gasteiger partial charge in [-0.1, -0.05) is 176 Å². The van der Waals surface area contributed by atoms with Crippen molar-refractivity contribution >= 4 is 40.1 Å². The predicted molar refractivity (Wildman–Crippen MR) is 262 cm³/mol. The first-order valence-electron chi connectivity index (χ1n) is 20.9. The summed E-state index contributed by atoms with van der Waals surface area (Å²) >= 11 is 0. The smallest absolute Gasteiger partial charge is 0.136 e. The molecule has 62 heavy (non-hydrogen) atoms. The predicted octanol–water partition coefficient (Wildman–Crippen LogP) is 15.7. The van der Waals surface area contributed by atoms with E-state index in [0.29, 0.717) is 6.54 Å². The van der Waals surface area contributed by atoms with Gasteiger partial charge in [0.25, 0.3) is 0 Å². The first-order chi connectivity index (χ1) is 30.7. The van der Waals surface area contributed by atoms with Crippen molar-refractivity contribution in [3.63, 3.8) is 0 Å². The minimum Gasteiger partial charge on any atom is -0.456 e. The van der Waals surface area contributed by atoms with Gasteiger partial charge in [-0.05, 0) is 123 Å². The van der Waals surface area contributed by atoms with Gasteiger partial charge in [-0.25, -0.2) is 0 Å². The Morgan fingerprint density at radius 1 is 0.403 bits per heavy atom. The Morgan fingerprint density at radius 3 is 1.40 bits per heavy atom. The molecule has 0 aliphatic heterocycles. The molecule has 0 aliphatic carbocycles. The molecular weight excluding hydrogens is 753 g/mol. The lowest BCUT2D eigenvalue weighted by molar-refractivity contribution is 0.669. The molecule has 0 aliphatic rings. The number of allylic oxidation sites excluding steroid dienone is 1. The molecule has 0 amide bonds. The number of hydrogen-bond acceptors (Lipinski definition) is 3. The molecule has 0 fully saturated rings. The van der Waals surface area contributed by atoms with Crippen LogP contribution in [0.15, 0.2) is 245 Å². The molecule has 10 aromatic rings. The molecule has 0 atom stereocenters. The molecule has 0 unspecified atom stereocenters. The highest BCUT2D eigenvalue weighted by Crippen LogP contribution is 2.40. The van der Waals surface area contributed by atoms with Crippen molar-refractivity contribution in [2.45, 2.75) is 6.54 Å². The summed E-state index contributed by atoms with van der Waals surface area (Å²) in [6.45, 7) is 4.44. The summed E-state index contributed by atoms with van der Waals surface area (Å²) in [5.41, 5.74) is 17.9. The third kappa shape index (κ3) is 7.95. The van der Waals surface area contributed by atoms with Crippen molar-refractivity contribution in [3.05, 3.63) is 247 Å². The van der Waals surface area contributed by atoms with Crippen LogP contribution in [0.1, 0.15) is 16.7 Å². The lowest BCUT2D eigenvalue weighted by Crippen LogP contribution is -2.00. The van der Waals surface area contributed by atoms with Crippen LogP contribution in [0.5, 0.6) is 0 Å². The Bertz CT molecular complexity index is 3160. The van der Waals surface area contributed by atoms with Gasteiger partial charge in [0.15, 0.2) is 0 Å². The van der Waals surface area contributed by atoms with Gasteiger partial charge < -0.3 is 4.42 Å². The maximum absolute atomic E-state index is 6.57. The quantitative estimate of drug-likeness (QED) is 0.120. The molecule has 1 heterocycles. The van der Waals surface area contributed by atoms with Crippen LogP contribution in [0.25, 0.3) is 83.3 Å². The molecule has 0 N–H and O–H groups in total. The van der Waals surface area contributed by atoms with Crippen LogP contribution in [-0.2, 0) is 6.54 Å². The normalized spacial score (nSPS) is 11.9. The van der Waals surface area contributed by atoms with E-state index in [1.807, 2.05) is 30.3 Å². The Labute approximate surface area is 362 Å². The molecule has 0 bridgehead atoms. The van der Waals surface area contributed by atoms with Crippen LogP contribution < -0.4 is 0 Å². The highest BCUT2D eigenvalue weighted by molar-refractivity contribution is 6.16. The monoisotopic (exact) mass is 794 g/mol. The highest BCUT2D eigenvalue weighted by Gasteiger charge is 2.17. The van der Waals surface area contributed by atoms with Gasteiger partial charge >= 0.3 is 0 Å². The Kier molecular flexibility index (Phi) is 10.6. The summed E-state index contributed by atoms with van der Waals surface area (Å²) in [6, 6.07) is 78.8. The summed E-state index contributed by atoms with van der Waals surface area (Å²) in [6.07, 6.45) is 2.04. The van der Waals surface area contributed by atoms with Crippen LogP contribution >= 0.6 is 0 Å². The summed E-state index contributed by atoms with van der Waals surface area (Å²) in [4.78, 5) is 9.78. The molecule has 3 nitrogen and oxygen atoms in total. The minimum atomic E-state index is 0.480. The minimum absolute atomic E-state index is 0.480. The third-order valence-electron chi connectivity index (χ3n) is 11.5. The van der Waals surface area contributed by atoms with Crippen molar-refractivity contribution in [2.24, 2.45) is 9.98 Å². The van der Waals surface area contributed by atoms with E-state index in [2.05, 4.69) is 212 Å². The SMILES string of the molecule is C=N/C(=C\C(=NCc1ccc(-c2cc(-c3ccccc3)cc(-c3ccccc3)c2)cc1)c1ccc2oc3cc(-c4ccccc4)c(-c4ccccc4)cc3c2c1)c1ccccc1. The molecule has 9 aromatic carbocycles. The first-order valence-corrected chi connectivity index (χ1v) is 20.9. The van der Waals surface area contributed by atoms with Gasteiger partial charge in [0, 0.05) is 21.9 Å². The van der Waals surface area contributed by atoms with Crippen LogP contribution in [0.3, 0.4) is 0 Å². The van der Waals surface area contributed by atoms with Crippen LogP contribution in [0.4, 0.5) is 0 Å². The Balaban J connectivity index is 1.04. The van der Waals surface area contributed by atoms with Gasteiger partial charge in [-0.15, -0.1) is 0 Å². The van der Waals surface area contributed by atoms with Gasteiger partial charge in [0.2, 0.25) is 0 Å². The summed E-state index contributed by atoms with van der Waals surface area (Å²) < 4.78 is 6.57. The average Bonchev–Trinajstić information content (AvgIpc) is 3.72. The summed E-state index contributed by atoms with van der Waals surface area (Å²) in [7, 11) is 0. The summed E-state index contributed by atoms with van der Waals surface area (Å²) in [5, 5.41) is 2.08. The zero-order valence-corrected chi connectivity index (χ0v) is 34.2. The second-order valence-electron chi connectivity index (χ2n) is 15.4. The topological polar surface area (TPSA) is 37.9 Å². The Morgan fingerprint density at radius 2 is 0.871 bits per heavy atom. The van der Waals surface area contributed by atoms with Crippen molar-refractivity contribution in [1.29, 1.82) is 0 Å². The van der Waals surface area contributed by atoms with Crippen LogP contribution in [0, 0.1) is 0 Å². The zero-order chi connectivity index (χ0) is 41.7. The van der Waals surface area contributed by atoms with E-state index in [1.54, 1.807) is 0 Å². The number of aliphatic imine (C=N–C) groups is 2. The molecular formula is C59H42N2O. The van der Waals surface area contributed by atoms with Crippen molar-refractivity contribution in [3.8, 4) is 55.6 Å². The number of hydrogen-bond donors (Lipinski definition) is 0. The van der Waals surface area contributed by atoms with Gasteiger partial charge in [0.05, 0.1) is 18.0 Å². The van der Waals surface area contributed by atoms with E-state index in [4.69, 9.17) is 9.41 Å². The van der Waals surface area contributed by atoms with Crippen molar-refractivity contribution < 1.29 is 4.42 Å². The number of benzene rings is 9. The maximum Gasteiger partial charge on any atom is 0.136 e. The van der Waals surface area contributed by atoms with Gasteiger partial charge in [-0.3, -0.25) is 9.98 Å². The van der Waals surface area contributed by atoms with E-state index in [-0.39, 0.29) is 0 Å². The highest BCUT2D eigenvalue weighted by atomic mass is 16.3. The summed E-state index contributed by atoms with van der Waals surface area (Å²) in [5.74, 6) is 0. The lowest BCUT2D eigenvalue weighted by Gasteiger charge is -2.12. The number of rotatable bonds is 11. The second kappa shape index (κ2) is 17.2. The molecule has 0 spiro atoms. The second-order valence-corrected chi connectivity index (χ2v) is 15.4. The fourth-order valence-corrected chi connectivity index (χ4v) is 8.24. The van der Waals surface area contributed by atoms with Crippen LogP contribution in [0.2, 0.25) is 0 Å². The lowest BCUT2D eigenvalue weighted by atomic mass is 9.92. The van der Waals surface area contributed by atoms with E-state index < -0.39 is 0 Å². The number of furan rings is 1. The zero-order valence-electron chi connectivity index (χ0n) is 34.2. The fraction of sp³-hybridized carbons (Fsp3) is 0.0169. The van der Waals surface area contributed by atoms with E-state index in [9.17, 15) is 0 Å². The van der Waals surface area contributed by atoms with E-state index >= 15 is 0 Å². The molecule has 1 aromatic heterocycles. The standard InChI is InChI=1S/C59H42N2O/c1-60-56(47-25-15-6-16-26-47)39-57(48-31-32-58-54(36-48)55-37-52(45-21-11-4-12-22-45)53(38-59(55)62-58)46-23-13-5-14-24-46)61-40-41-27-29-44(30-28-41)51-34-49(42-17-7-2-8-18-42)33-50(35-51)43-19-9-3-10-20-43/h2-39H,1,40H2/b56-39-,61-57?. The molecule has 294 valence electrons. The van der Waals surface area contributed by atoms with E-state index in [1.165, 1.54) is 27.8 Å². The van der Waals surface area contributed by atoms with Gasteiger partial charge in [0.1, 0.15) is 11.2 Å². The maximum atomic E-state index is 6.57. The molecule has 0 saturated carbocycles. The molecule has 10 rings (SSSR count). The first kappa shape index (κ1) is 38.1. The fourth-order valence-electron chi connectivity index (χ4n) is 8.24. The Hall–Kier alpha value is -8.14. The number of nitrogens with zero attached hydrogens (tertiary/aromatic N) is 2. The third-order valence-corrected chi connectivity index (χ3v) is 11.5. The number of fused-ring (bicyclic) bond motifs is 3. The van der Waals surface area contributed by atoms with Crippen LogP contribution in [-0.4, -0.2) is 12.4 Å². The molecule has 0 radical (unpaired) electrons.